The molecule has 2 rings (SSSR count). The molecule has 3 atom stereocenters. The van der Waals surface area contributed by atoms with Crippen molar-refractivity contribution < 1.29 is 0 Å². The molecule has 0 amide bonds. The Balaban J connectivity index is 1.85. The first-order valence-electron chi connectivity index (χ1n) is 8.42. The van der Waals surface area contributed by atoms with Crippen molar-refractivity contribution in [2.24, 2.45) is 11.3 Å². The van der Waals surface area contributed by atoms with Crippen molar-refractivity contribution in [1.82, 2.24) is 10.2 Å². The number of piperidine rings is 1. The lowest BCUT2D eigenvalue weighted by Gasteiger charge is -2.42. The summed E-state index contributed by atoms with van der Waals surface area (Å²) in [6.45, 7) is 9.76. The predicted molar refractivity (Wildman–Crippen MR) is 83.5 cm³/mol. The van der Waals surface area contributed by atoms with Gasteiger partial charge in [-0.1, -0.05) is 40.0 Å². The second-order valence-electron chi connectivity index (χ2n) is 7.90. The Morgan fingerprint density at radius 3 is 2.37 bits per heavy atom. The van der Waals surface area contributed by atoms with Crippen LogP contribution in [0.3, 0.4) is 0 Å². The van der Waals surface area contributed by atoms with Crippen LogP contribution in [-0.2, 0) is 0 Å². The molecule has 2 aliphatic rings. The van der Waals surface area contributed by atoms with Crippen LogP contribution < -0.4 is 5.32 Å². The Morgan fingerprint density at radius 2 is 1.68 bits per heavy atom. The molecule has 112 valence electrons. The maximum atomic E-state index is 3.94. The highest BCUT2D eigenvalue weighted by Gasteiger charge is 2.34. The minimum absolute atomic E-state index is 0.455. The maximum absolute atomic E-state index is 3.94. The zero-order chi connectivity index (χ0) is 13.9. The Labute approximate surface area is 120 Å². The molecule has 3 unspecified atom stereocenters. The van der Waals surface area contributed by atoms with E-state index in [-0.39, 0.29) is 0 Å². The molecule has 1 aliphatic heterocycles. The first-order valence-corrected chi connectivity index (χ1v) is 8.42. The van der Waals surface area contributed by atoms with Crippen molar-refractivity contribution in [3.8, 4) is 0 Å². The van der Waals surface area contributed by atoms with E-state index in [1.807, 2.05) is 0 Å². The molecule has 1 heterocycles. The highest BCUT2D eigenvalue weighted by atomic mass is 15.2. The molecule has 0 bridgehead atoms. The molecule has 0 aromatic rings. The number of nitrogens with zero attached hydrogens (tertiary/aromatic N) is 1. The summed E-state index contributed by atoms with van der Waals surface area (Å²) < 4.78 is 0. The molecule has 1 saturated carbocycles. The lowest BCUT2D eigenvalue weighted by Crippen LogP contribution is -2.50. The van der Waals surface area contributed by atoms with Gasteiger partial charge in [-0.2, -0.15) is 0 Å². The van der Waals surface area contributed by atoms with Gasteiger partial charge in [-0.3, -0.25) is 0 Å². The summed E-state index contributed by atoms with van der Waals surface area (Å²) in [5.41, 5.74) is 0.455. The van der Waals surface area contributed by atoms with Gasteiger partial charge in [-0.25, -0.2) is 0 Å². The fourth-order valence-electron chi connectivity index (χ4n) is 4.10. The summed E-state index contributed by atoms with van der Waals surface area (Å²) >= 11 is 0. The zero-order valence-electron chi connectivity index (χ0n) is 13.5. The fourth-order valence-corrected chi connectivity index (χ4v) is 4.10. The molecule has 2 nitrogen and oxygen atoms in total. The minimum Gasteiger partial charge on any atom is -0.312 e. The molecule has 0 aromatic carbocycles. The van der Waals surface area contributed by atoms with E-state index in [9.17, 15) is 0 Å². The normalized spacial score (nSPS) is 34.4. The van der Waals surface area contributed by atoms with Gasteiger partial charge < -0.3 is 10.2 Å². The molecule has 1 N–H and O–H groups in total. The highest BCUT2D eigenvalue weighted by Crippen LogP contribution is 2.38. The van der Waals surface area contributed by atoms with Gasteiger partial charge in [0.05, 0.1) is 0 Å². The molecule has 19 heavy (non-hydrogen) atoms. The quantitative estimate of drug-likeness (QED) is 0.838. The van der Waals surface area contributed by atoms with E-state index in [0.29, 0.717) is 5.41 Å². The summed E-state index contributed by atoms with van der Waals surface area (Å²) in [5.74, 6) is 0.857. The Kier molecular flexibility index (Phi) is 5.30. The topological polar surface area (TPSA) is 15.3 Å². The van der Waals surface area contributed by atoms with Crippen molar-refractivity contribution in [2.45, 2.75) is 77.8 Å². The molecule has 0 radical (unpaired) electrons. The van der Waals surface area contributed by atoms with Crippen molar-refractivity contribution in [1.29, 1.82) is 0 Å². The maximum Gasteiger partial charge on any atom is 0.0217 e. The average Bonchev–Trinajstić information content (AvgIpc) is 2.37. The zero-order valence-corrected chi connectivity index (χ0v) is 13.5. The van der Waals surface area contributed by atoms with E-state index in [1.54, 1.807) is 0 Å². The Bertz CT molecular complexity index is 269. The van der Waals surface area contributed by atoms with E-state index >= 15 is 0 Å². The number of nitrogens with one attached hydrogen (secondary N) is 1. The van der Waals surface area contributed by atoms with Crippen LogP contribution in [0.15, 0.2) is 0 Å². The Morgan fingerprint density at radius 1 is 1.00 bits per heavy atom. The molecule has 0 spiro atoms. The van der Waals surface area contributed by atoms with Crippen LogP contribution >= 0.6 is 0 Å². The van der Waals surface area contributed by atoms with Gasteiger partial charge in [0.2, 0.25) is 0 Å². The molecular weight excluding hydrogens is 232 g/mol. The first-order chi connectivity index (χ1) is 8.98. The largest absolute Gasteiger partial charge is 0.312 e. The SMILES string of the molecule is CN1CCCCC1CNC1CCCCC1C(C)(C)C. The molecular formula is C17H34N2. The standard InChI is InChI=1S/C17H34N2/c1-17(2,3)15-10-5-6-11-16(15)18-13-14-9-7-8-12-19(14)4/h14-16,18H,5-13H2,1-4H3. The smallest absolute Gasteiger partial charge is 0.0217 e. The predicted octanol–water partition coefficient (Wildman–Crippen LogP) is 3.67. The molecule has 2 fully saturated rings. The van der Waals surface area contributed by atoms with E-state index in [4.69, 9.17) is 0 Å². The van der Waals surface area contributed by atoms with Crippen LogP contribution in [0, 0.1) is 11.3 Å². The van der Waals surface area contributed by atoms with Gasteiger partial charge in [0, 0.05) is 18.6 Å². The van der Waals surface area contributed by atoms with Gasteiger partial charge in [0.15, 0.2) is 0 Å². The van der Waals surface area contributed by atoms with E-state index in [2.05, 4.69) is 38.0 Å². The van der Waals surface area contributed by atoms with Gasteiger partial charge in [0.1, 0.15) is 0 Å². The second-order valence-corrected chi connectivity index (χ2v) is 7.90. The van der Waals surface area contributed by atoms with Crippen molar-refractivity contribution in [3.63, 3.8) is 0 Å². The summed E-state index contributed by atoms with van der Waals surface area (Å²) in [6.07, 6.45) is 9.86. The lowest BCUT2D eigenvalue weighted by atomic mass is 9.69. The lowest BCUT2D eigenvalue weighted by molar-refractivity contribution is 0.115. The third kappa shape index (κ3) is 4.19. The molecule has 1 aliphatic carbocycles. The number of likely N-dealkylation sites (tertiary alicyclic amines) is 1. The van der Waals surface area contributed by atoms with Crippen molar-refractivity contribution in [3.05, 3.63) is 0 Å². The molecule has 1 saturated heterocycles. The minimum atomic E-state index is 0.455. The summed E-state index contributed by atoms with van der Waals surface area (Å²) in [7, 11) is 2.30. The van der Waals surface area contributed by atoms with Crippen LogP contribution in [0.4, 0.5) is 0 Å². The van der Waals surface area contributed by atoms with Crippen molar-refractivity contribution in [2.75, 3.05) is 20.1 Å². The number of hydrogen-bond donors (Lipinski definition) is 1. The highest BCUT2D eigenvalue weighted by molar-refractivity contribution is 4.89. The average molecular weight is 266 g/mol. The summed E-state index contributed by atoms with van der Waals surface area (Å²) in [5, 5.41) is 3.94. The number of likely N-dealkylation sites (N-methyl/N-ethyl adjacent to an activating group) is 1. The second kappa shape index (κ2) is 6.58. The monoisotopic (exact) mass is 266 g/mol. The Hall–Kier alpha value is -0.0800. The molecule has 2 heteroatoms. The van der Waals surface area contributed by atoms with E-state index in [1.165, 1.54) is 58.0 Å². The van der Waals surface area contributed by atoms with Gasteiger partial charge in [0.25, 0.3) is 0 Å². The number of hydrogen-bond acceptors (Lipinski definition) is 2. The van der Waals surface area contributed by atoms with Gasteiger partial charge in [-0.05, 0) is 50.6 Å². The van der Waals surface area contributed by atoms with E-state index in [0.717, 1.165) is 18.0 Å². The third-order valence-electron chi connectivity index (χ3n) is 5.42. The molecule has 0 aromatic heterocycles. The van der Waals surface area contributed by atoms with Crippen LogP contribution in [0.5, 0.6) is 0 Å². The van der Waals surface area contributed by atoms with Crippen LogP contribution in [0.1, 0.15) is 65.7 Å². The number of rotatable bonds is 3. The van der Waals surface area contributed by atoms with Crippen LogP contribution in [0.2, 0.25) is 0 Å². The van der Waals surface area contributed by atoms with E-state index < -0.39 is 0 Å². The van der Waals surface area contributed by atoms with Crippen molar-refractivity contribution >= 4 is 0 Å². The van der Waals surface area contributed by atoms with Gasteiger partial charge >= 0.3 is 0 Å². The van der Waals surface area contributed by atoms with Crippen LogP contribution in [-0.4, -0.2) is 37.1 Å². The fraction of sp³-hybridized carbons (Fsp3) is 1.00. The van der Waals surface area contributed by atoms with Gasteiger partial charge in [-0.15, -0.1) is 0 Å². The third-order valence-corrected chi connectivity index (χ3v) is 5.42. The summed E-state index contributed by atoms with van der Waals surface area (Å²) in [6, 6.07) is 1.53. The van der Waals surface area contributed by atoms with Crippen LogP contribution in [0.25, 0.3) is 0 Å². The summed E-state index contributed by atoms with van der Waals surface area (Å²) in [4.78, 5) is 2.56. The first kappa shape index (κ1) is 15.3.